The highest BCUT2D eigenvalue weighted by Gasteiger charge is 2.05. The van der Waals surface area contributed by atoms with E-state index in [-0.39, 0.29) is 0 Å². The van der Waals surface area contributed by atoms with Crippen LogP contribution < -0.4 is 0 Å². The van der Waals surface area contributed by atoms with Crippen LogP contribution in [-0.4, -0.2) is 39.9 Å². The molecule has 6 rings (SSSR count). The Kier molecular flexibility index (Phi) is 34.3. The molecule has 6 aromatic rings. The zero-order chi connectivity index (χ0) is 53.1. The smallest absolute Gasteiger partial charge is 0.130 e. The van der Waals surface area contributed by atoms with Crippen LogP contribution in [0.2, 0.25) is 0 Å². The zero-order valence-corrected chi connectivity index (χ0v) is 48.8. The fourth-order valence-electron chi connectivity index (χ4n) is 6.63. The number of hydrogen-bond acceptors (Lipinski definition) is 9. The van der Waals surface area contributed by atoms with Gasteiger partial charge in [-0.15, -0.1) is 11.3 Å². The van der Waals surface area contributed by atoms with E-state index in [1.165, 1.54) is 69.1 Å². The zero-order valence-electron chi connectivity index (χ0n) is 48.0. The average Bonchev–Trinajstić information content (AvgIpc) is 3.83. The SMILES string of the molecule is CCCc1ccc(C(C)C)cn1.CCCc1ccc(C(C)C)nc1.CCCc1ccc(C(C)C)s1.CCCc1cnc(C(C)C)cn1.CCCc1cnc(C(C)C)nc1.CCCc1ncc(C(C)C)cn1. The molecule has 6 aromatic heterocycles. The molecule has 392 valence electrons. The van der Waals surface area contributed by atoms with E-state index >= 15 is 0 Å². The second-order valence-corrected chi connectivity index (χ2v) is 21.4. The van der Waals surface area contributed by atoms with Crippen molar-refractivity contribution < 1.29 is 0 Å². The third kappa shape index (κ3) is 28.2. The van der Waals surface area contributed by atoms with Crippen molar-refractivity contribution in [3.05, 3.63) is 152 Å². The quantitative estimate of drug-likeness (QED) is 0.0839. The Hall–Kier alpha value is -4.76. The summed E-state index contributed by atoms with van der Waals surface area (Å²) in [6.45, 7) is 39.0. The van der Waals surface area contributed by atoms with Crippen LogP contribution in [0.1, 0.15) is 265 Å². The van der Waals surface area contributed by atoms with Gasteiger partial charge in [0.1, 0.15) is 11.6 Å². The number of aromatic nitrogens is 8. The van der Waals surface area contributed by atoms with Gasteiger partial charge in [-0.1, -0.05) is 169 Å². The molecule has 9 heteroatoms. The van der Waals surface area contributed by atoms with Crippen molar-refractivity contribution in [3.63, 3.8) is 0 Å². The van der Waals surface area contributed by atoms with Crippen molar-refractivity contribution in [2.24, 2.45) is 0 Å². The Labute approximate surface area is 438 Å². The first kappa shape index (κ1) is 64.3. The van der Waals surface area contributed by atoms with Crippen molar-refractivity contribution >= 4 is 11.3 Å². The van der Waals surface area contributed by atoms with Crippen LogP contribution in [0.15, 0.2) is 86.0 Å². The highest BCUT2D eigenvalue weighted by molar-refractivity contribution is 7.12. The maximum absolute atomic E-state index is 4.40. The summed E-state index contributed by atoms with van der Waals surface area (Å²) >= 11 is 1.97. The number of thiophene rings is 1. The molecule has 0 atom stereocenters. The van der Waals surface area contributed by atoms with Crippen LogP contribution in [0.5, 0.6) is 0 Å². The molecule has 0 amide bonds. The minimum Gasteiger partial charge on any atom is -0.261 e. The summed E-state index contributed by atoms with van der Waals surface area (Å²) in [5.74, 6) is 5.17. The van der Waals surface area contributed by atoms with E-state index in [0.29, 0.717) is 35.5 Å². The van der Waals surface area contributed by atoms with Gasteiger partial charge in [-0.05, 0) is 115 Å². The van der Waals surface area contributed by atoms with E-state index < -0.39 is 0 Å². The van der Waals surface area contributed by atoms with Gasteiger partial charge in [0.25, 0.3) is 0 Å². The number of pyridine rings is 2. The predicted octanol–water partition coefficient (Wildman–Crippen LogP) is 17.8. The van der Waals surface area contributed by atoms with Gasteiger partial charge < -0.3 is 0 Å². The average molecular weight is 988 g/mol. The molecular weight excluding hydrogens is 889 g/mol. The summed E-state index contributed by atoms with van der Waals surface area (Å²) < 4.78 is 0. The fourth-order valence-corrected chi connectivity index (χ4v) is 7.74. The van der Waals surface area contributed by atoms with Gasteiger partial charge in [0.15, 0.2) is 0 Å². The number of nitrogens with zero attached hydrogens (tertiary/aromatic N) is 8. The standard InChI is InChI=1S/2C11H17N.3C10H16N2.C10H16S/c1-4-5-11-7-6-10(8-12-11)9(2)3;1-4-5-10-6-7-11(9(2)3)12-8-10;1-4-5-10-11-6-9(7-12-10)8(2)3;1-4-5-9-6-12-10(7-11-9)8(2)3;1-4-5-9-6-11-10(8(2)3)12-7-9;1-4-5-9-6-7-10(11-9)8(2)3/h2*6-9H,4-5H2,1-3H3;3*6-8H,4-5H2,1-3H3;6-8H,4-5H2,1-3H3. The van der Waals surface area contributed by atoms with Crippen molar-refractivity contribution in [3.8, 4) is 0 Å². The van der Waals surface area contributed by atoms with E-state index in [9.17, 15) is 0 Å². The molecule has 0 aliphatic heterocycles. The lowest BCUT2D eigenvalue weighted by molar-refractivity contribution is 0.763. The van der Waals surface area contributed by atoms with Gasteiger partial charge in [0.2, 0.25) is 0 Å². The van der Waals surface area contributed by atoms with E-state index in [1.54, 1.807) is 0 Å². The van der Waals surface area contributed by atoms with Gasteiger partial charge >= 0.3 is 0 Å². The molecule has 0 aliphatic rings. The van der Waals surface area contributed by atoms with Gasteiger partial charge in [0.05, 0.1) is 11.4 Å². The van der Waals surface area contributed by atoms with Gasteiger partial charge in [-0.3, -0.25) is 19.9 Å². The Morgan fingerprint density at radius 2 is 0.845 bits per heavy atom. The molecule has 0 radical (unpaired) electrons. The third-order valence-electron chi connectivity index (χ3n) is 11.2. The second kappa shape index (κ2) is 37.9. The molecule has 0 fully saturated rings. The van der Waals surface area contributed by atoms with Crippen LogP contribution in [-0.2, 0) is 38.5 Å². The fraction of sp³-hybridized carbons (Fsp3) is 0.581. The van der Waals surface area contributed by atoms with Crippen LogP contribution in [0.25, 0.3) is 0 Å². The topological polar surface area (TPSA) is 103 Å². The molecule has 6 heterocycles. The monoisotopic (exact) mass is 987 g/mol. The molecule has 0 aromatic carbocycles. The summed E-state index contributed by atoms with van der Waals surface area (Å²) in [6.07, 6.45) is 29.1. The Bertz CT molecular complexity index is 1850. The van der Waals surface area contributed by atoms with Crippen molar-refractivity contribution in [1.29, 1.82) is 0 Å². The molecule has 71 heavy (non-hydrogen) atoms. The third-order valence-corrected chi connectivity index (χ3v) is 12.7. The summed E-state index contributed by atoms with van der Waals surface area (Å²) in [4.78, 5) is 37.6. The lowest BCUT2D eigenvalue weighted by Gasteiger charge is -2.04. The van der Waals surface area contributed by atoms with Crippen molar-refractivity contribution in [2.75, 3.05) is 0 Å². The molecule has 0 spiro atoms. The highest BCUT2D eigenvalue weighted by atomic mass is 32.1. The summed E-state index contributed by atoms with van der Waals surface area (Å²) in [5, 5.41) is 0. The van der Waals surface area contributed by atoms with Crippen molar-refractivity contribution in [2.45, 2.75) is 237 Å². The first-order valence-corrected chi connectivity index (χ1v) is 28.1. The van der Waals surface area contributed by atoms with Crippen LogP contribution in [0, 0.1) is 0 Å². The maximum atomic E-state index is 4.40. The maximum Gasteiger partial charge on any atom is 0.130 e. The predicted molar refractivity (Wildman–Crippen MR) is 307 cm³/mol. The number of rotatable bonds is 18. The van der Waals surface area contributed by atoms with E-state index in [2.05, 4.69) is 201 Å². The van der Waals surface area contributed by atoms with Crippen LogP contribution in [0.3, 0.4) is 0 Å². The lowest BCUT2D eigenvalue weighted by Crippen LogP contribution is -1.97. The summed E-state index contributed by atoms with van der Waals surface area (Å²) in [7, 11) is 0. The largest absolute Gasteiger partial charge is 0.261 e. The van der Waals surface area contributed by atoms with E-state index in [1.807, 2.05) is 60.9 Å². The van der Waals surface area contributed by atoms with Gasteiger partial charge in [0, 0.05) is 83.1 Å². The molecule has 0 aliphatic carbocycles. The Balaban J connectivity index is 0.000000426. The van der Waals surface area contributed by atoms with Crippen molar-refractivity contribution in [1.82, 2.24) is 39.9 Å². The minimum atomic E-state index is 0.431. The highest BCUT2D eigenvalue weighted by Crippen LogP contribution is 2.25. The molecule has 0 unspecified atom stereocenters. The van der Waals surface area contributed by atoms with Gasteiger partial charge in [-0.2, -0.15) is 0 Å². The first-order chi connectivity index (χ1) is 33.9. The van der Waals surface area contributed by atoms with E-state index in [4.69, 9.17) is 0 Å². The normalized spacial score (nSPS) is 10.7. The van der Waals surface area contributed by atoms with E-state index in [0.717, 1.165) is 74.4 Å². The molecule has 0 bridgehead atoms. The summed E-state index contributed by atoms with van der Waals surface area (Å²) in [5.41, 5.74) is 9.71. The summed E-state index contributed by atoms with van der Waals surface area (Å²) in [6, 6.07) is 13.2. The molecular formula is C62H98N8S. The Morgan fingerprint density at radius 1 is 0.338 bits per heavy atom. The number of hydrogen-bond donors (Lipinski definition) is 0. The minimum absolute atomic E-state index is 0.431. The molecule has 0 saturated heterocycles. The van der Waals surface area contributed by atoms with Gasteiger partial charge in [-0.25, -0.2) is 19.9 Å². The molecule has 0 N–H and O–H groups in total. The first-order valence-electron chi connectivity index (χ1n) is 27.3. The second-order valence-electron chi connectivity index (χ2n) is 20.2. The number of aryl methyl sites for hydroxylation is 6. The van der Waals surface area contributed by atoms with Crippen LogP contribution >= 0.6 is 11.3 Å². The molecule has 0 saturated carbocycles. The molecule has 8 nitrogen and oxygen atoms in total. The Morgan fingerprint density at radius 3 is 1.27 bits per heavy atom. The van der Waals surface area contributed by atoms with Crippen LogP contribution in [0.4, 0.5) is 0 Å². The lowest BCUT2D eigenvalue weighted by atomic mass is 10.1.